The van der Waals surface area contributed by atoms with Crippen molar-refractivity contribution in [3.05, 3.63) is 60.0 Å². The number of phosphoric ester groups is 1. The molecule has 1 aliphatic carbocycles. The Kier molecular flexibility index (Phi) is 16.7. The molecule has 310 valence electrons. The molecule has 2 fully saturated rings. The van der Waals surface area contributed by atoms with Crippen LogP contribution in [0.2, 0.25) is 0 Å². The van der Waals surface area contributed by atoms with E-state index >= 15 is 0 Å². The topological polar surface area (TPSA) is 204 Å². The lowest BCUT2D eigenvalue weighted by Gasteiger charge is -2.30. The summed E-state index contributed by atoms with van der Waals surface area (Å²) in [6, 6.07) is 14.5. The van der Waals surface area contributed by atoms with Crippen LogP contribution in [0, 0.1) is 11.3 Å². The fourth-order valence-electron chi connectivity index (χ4n) is 7.64. The second kappa shape index (κ2) is 21.2. The molecule has 0 spiro atoms. The van der Waals surface area contributed by atoms with Crippen LogP contribution in [0.3, 0.4) is 0 Å². The number of phosphoric acid groups is 1. The number of ether oxygens (including phenoxy) is 3. The van der Waals surface area contributed by atoms with E-state index in [1.165, 1.54) is 100 Å². The van der Waals surface area contributed by atoms with E-state index < -0.39 is 43.4 Å². The first kappa shape index (κ1) is 44.1. The molecular formula is C41H62N5O9P. The van der Waals surface area contributed by atoms with Crippen LogP contribution in [-0.2, 0) is 33.4 Å². The number of unbranched alkanes of at least 4 members (excludes halogenated alkanes) is 15. The molecule has 5 N–H and O–H groups in total. The molecule has 5 rings (SSSR count). The maximum Gasteiger partial charge on any atom is 0.472 e. The van der Waals surface area contributed by atoms with Gasteiger partial charge in [-0.1, -0.05) is 134 Å². The van der Waals surface area contributed by atoms with Crippen molar-refractivity contribution in [3.8, 4) is 6.07 Å². The molecule has 1 aromatic carbocycles. The highest BCUT2D eigenvalue weighted by atomic mass is 31.2. The third-order valence-corrected chi connectivity index (χ3v) is 12.0. The first-order chi connectivity index (χ1) is 27.1. The second-order valence-electron chi connectivity index (χ2n) is 15.3. The van der Waals surface area contributed by atoms with Gasteiger partial charge in [-0.15, -0.1) is 0 Å². The van der Waals surface area contributed by atoms with Gasteiger partial charge in [-0.3, -0.25) is 9.05 Å². The molecule has 1 saturated heterocycles. The molecule has 8 atom stereocenters. The van der Waals surface area contributed by atoms with Gasteiger partial charge < -0.3 is 35.1 Å². The Bertz CT molecular complexity index is 1730. The smallest absolute Gasteiger partial charge is 0.385 e. The lowest BCUT2D eigenvalue weighted by molar-refractivity contribution is -0.108. The highest BCUT2D eigenvalue weighted by Crippen LogP contribution is 2.63. The van der Waals surface area contributed by atoms with Gasteiger partial charge in [-0.05, 0) is 31.0 Å². The van der Waals surface area contributed by atoms with Crippen molar-refractivity contribution in [1.82, 2.24) is 14.6 Å². The minimum absolute atomic E-state index is 0.103. The van der Waals surface area contributed by atoms with E-state index in [9.17, 15) is 24.9 Å². The number of fused-ring (bicyclic) bond motifs is 2. The van der Waals surface area contributed by atoms with E-state index in [0.29, 0.717) is 12.1 Å². The Morgan fingerprint density at radius 2 is 1.55 bits per heavy atom. The van der Waals surface area contributed by atoms with Gasteiger partial charge in [0.1, 0.15) is 42.3 Å². The number of benzene rings is 1. The Labute approximate surface area is 331 Å². The average Bonchev–Trinajstić information content (AvgIpc) is 3.43. The Balaban J connectivity index is 1.03. The fraction of sp³-hybridized carbons (Fsp3) is 0.683. The first-order valence-corrected chi connectivity index (χ1v) is 22.1. The fourth-order valence-corrected chi connectivity index (χ4v) is 8.63. The second-order valence-corrected chi connectivity index (χ2v) is 16.7. The summed E-state index contributed by atoms with van der Waals surface area (Å²) in [5.41, 5.74) is 3.07. The van der Waals surface area contributed by atoms with E-state index in [1.807, 2.05) is 43.3 Å². The molecule has 3 unspecified atom stereocenters. The summed E-state index contributed by atoms with van der Waals surface area (Å²) in [7, 11) is -4.82. The molecule has 3 aromatic rings. The molecule has 2 aliphatic rings. The van der Waals surface area contributed by atoms with Crippen LogP contribution in [0.5, 0.6) is 0 Å². The molecule has 0 bridgehead atoms. The largest absolute Gasteiger partial charge is 0.472 e. The van der Waals surface area contributed by atoms with Gasteiger partial charge in [0, 0.05) is 6.61 Å². The molecule has 2 aromatic heterocycles. The molecule has 0 radical (unpaired) electrons. The minimum atomic E-state index is -4.82. The number of anilines is 1. The minimum Gasteiger partial charge on any atom is -0.385 e. The zero-order valence-corrected chi connectivity index (χ0v) is 33.9. The number of nitrogens with two attached hydrogens (primary N) is 1. The normalized spacial score (nSPS) is 25.1. The number of aromatic nitrogens is 3. The van der Waals surface area contributed by atoms with Gasteiger partial charge in [-0.25, -0.2) is 14.1 Å². The number of hydrogen-bond acceptors (Lipinski definition) is 12. The van der Waals surface area contributed by atoms with Crippen molar-refractivity contribution in [1.29, 1.82) is 5.26 Å². The maximum atomic E-state index is 13.2. The quantitative estimate of drug-likeness (QED) is 0.0417. The van der Waals surface area contributed by atoms with Crippen LogP contribution in [0.15, 0.2) is 48.8 Å². The summed E-state index contributed by atoms with van der Waals surface area (Å²) in [6.45, 7) is 4.44. The molecule has 14 nitrogen and oxygen atoms in total. The van der Waals surface area contributed by atoms with Crippen molar-refractivity contribution in [2.75, 3.05) is 25.6 Å². The van der Waals surface area contributed by atoms with Gasteiger partial charge in [0.05, 0.1) is 25.0 Å². The molecule has 56 heavy (non-hydrogen) atoms. The van der Waals surface area contributed by atoms with Gasteiger partial charge in [0.25, 0.3) is 0 Å². The zero-order chi connectivity index (χ0) is 40.0. The lowest BCUT2D eigenvalue weighted by Crippen LogP contribution is -2.47. The predicted molar refractivity (Wildman–Crippen MR) is 211 cm³/mol. The molecule has 15 heteroatoms. The number of nitriles is 1. The zero-order valence-electron chi connectivity index (χ0n) is 33.0. The summed E-state index contributed by atoms with van der Waals surface area (Å²) in [6.07, 6.45) is 16.0. The van der Waals surface area contributed by atoms with Crippen molar-refractivity contribution in [3.63, 3.8) is 0 Å². The van der Waals surface area contributed by atoms with E-state index in [2.05, 4.69) is 17.0 Å². The van der Waals surface area contributed by atoms with E-state index in [4.69, 9.17) is 29.0 Å². The number of rotatable bonds is 28. The van der Waals surface area contributed by atoms with Gasteiger partial charge in [0.15, 0.2) is 11.4 Å². The average molecular weight is 800 g/mol. The van der Waals surface area contributed by atoms with Gasteiger partial charge >= 0.3 is 7.82 Å². The van der Waals surface area contributed by atoms with Crippen LogP contribution in [0.25, 0.3) is 5.52 Å². The van der Waals surface area contributed by atoms with Crippen LogP contribution >= 0.6 is 7.82 Å². The Morgan fingerprint density at radius 3 is 2.12 bits per heavy atom. The van der Waals surface area contributed by atoms with Crippen LogP contribution in [0.4, 0.5) is 5.82 Å². The number of nitrogens with zero attached hydrogens (tertiary/aromatic N) is 4. The molecular weight excluding hydrogens is 737 g/mol. The van der Waals surface area contributed by atoms with Gasteiger partial charge in [-0.2, -0.15) is 10.4 Å². The maximum absolute atomic E-state index is 13.2. The van der Waals surface area contributed by atoms with Crippen molar-refractivity contribution >= 4 is 19.2 Å². The summed E-state index contributed by atoms with van der Waals surface area (Å²) < 4.78 is 43.2. The Hall–Kier alpha value is -2.96. The molecule has 1 saturated carbocycles. The van der Waals surface area contributed by atoms with Crippen molar-refractivity contribution in [2.45, 2.75) is 158 Å². The molecule has 0 amide bonds. The third-order valence-electron chi connectivity index (χ3n) is 11.0. The summed E-state index contributed by atoms with van der Waals surface area (Å²) in [5.74, 6) is 0.140. The highest BCUT2D eigenvalue weighted by Gasteiger charge is 2.83. The van der Waals surface area contributed by atoms with Crippen LogP contribution in [0.1, 0.15) is 134 Å². The van der Waals surface area contributed by atoms with Gasteiger partial charge in [0.2, 0.25) is 5.60 Å². The monoisotopic (exact) mass is 799 g/mol. The number of aliphatic hydroxyl groups is 2. The van der Waals surface area contributed by atoms with E-state index in [-0.39, 0.29) is 30.8 Å². The third kappa shape index (κ3) is 11.2. The SMILES string of the molecule is CCCCCCCCCCCCCCCCCCOC[C@H](COP(=O)(O)OC1[C@H]2O[C@@](C#N)(c3ccc4c(N)ncnn34)[C@H](O)[C@@]12O)OC(C)c1ccccc1. The van der Waals surface area contributed by atoms with Crippen molar-refractivity contribution in [2.24, 2.45) is 0 Å². The summed E-state index contributed by atoms with van der Waals surface area (Å²) in [5, 5.41) is 36.9. The van der Waals surface area contributed by atoms with E-state index in [0.717, 1.165) is 24.8 Å². The van der Waals surface area contributed by atoms with Crippen LogP contribution < -0.4 is 5.73 Å². The number of aliphatic hydroxyl groups excluding tert-OH is 1. The van der Waals surface area contributed by atoms with E-state index in [1.54, 1.807) is 6.07 Å². The number of hydrogen-bond donors (Lipinski definition) is 4. The highest BCUT2D eigenvalue weighted by molar-refractivity contribution is 7.47. The van der Waals surface area contributed by atoms with Crippen molar-refractivity contribution < 1.29 is 42.9 Å². The summed E-state index contributed by atoms with van der Waals surface area (Å²) in [4.78, 5) is 14.6. The number of nitrogen functional groups attached to an aromatic ring is 1. The first-order valence-electron chi connectivity index (χ1n) is 20.6. The lowest BCUT2D eigenvalue weighted by atomic mass is 9.90. The summed E-state index contributed by atoms with van der Waals surface area (Å²) >= 11 is 0. The Morgan fingerprint density at radius 1 is 0.946 bits per heavy atom. The standard InChI is InChI=1S/C41H62N5O9P/c1-3-4-5-6-7-8-9-10-11-12-13-14-15-16-17-21-26-51-27-33(53-31(2)32-22-19-18-20-23-32)28-52-56(49,50)55-37-36-41(37,48)39(47)40(29-42,54-36)35-25-24-34-38(43)44-30-45-46(34)35/h18-20,22-25,30-31,33,36-37,39,47-48H,3-17,21,26-28H2,1-2H3,(H,49,50)(H2,43,44,45)/t31?,33-,36-,37?,39+,40+,41+/m1/s1. The van der Waals surface area contributed by atoms with Crippen LogP contribution in [-0.4, -0.2) is 79.5 Å². The molecule has 3 heterocycles. The predicted octanol–water partition coefficient (Wildman–Crippen LogP) is 7.46. The molecule has 1 aliphatic heterocycles.